The topological polar surface area (TPSA) is 79.4 Å². The summed E-state index contributed by atoms with van der Waals surface area (Å²) in [7, 11) is -3.92. The van der Waals surface area contributed by atoms with Crippen LogP contribution in [-0.2, 0) is 26.0 Å². The van der Waals surface area contributed by atoms with Crippen molar-refractivity contribution in [2.24, 2.45) is 0 Å². The molecule has 11 heteroatoms. The second-order valence-corrected chi connectivity index (χ2v) is 13.0. The molecule has 8 nitrogen and oxygen atoms in total. The first-order chi connectivity index (χ1) is 19.3. The summed E-state index contributed by atoms with van der Waals surface area (Å²) in [5.74, 6) is -0.124. The molecule has 1 unspecified atom stereocenters. The molecular formula is C29H34FN3O5S2. The third kappa shape index (κ3) is 6.72. The predicted octanol–water partition coefficient (Wildman–Crippen LogP) is 3.72. The molecule has 0 N–H and O–H groups in total. The van der Waals surface area contributed by atoms with E-state index in [9.17, 15) is 17.6 Å². The Hall–Kier alpha value is -2.83. The lowest BCUT2D eigenvalue weighted by atomic mass is 10.0. The summed E-state index contributed by atoms with van der Waals surface area (Å²) in [6.45, 7) is 5.64. The Morgan fingerprint density at radius 3 is 2.52 bits per heavy atom. The summed E-state index contributed by atoms with van der Waals surface area (Å²) in [5.41, 5.74) is 1.96. The lowest BCUT2D eigenvalue weighted by Crippen LogP contribution is -2.49. The third-order valence-corrected chi connectivity index (χ3v) is 10.2. The van der Waals surface area contributed by atoms with Gasteiger partial charge in [-0.2, -0.15) is 4.31 Å². The minimum atomic E-state index is -3.92. The van der Waals surface area contributed by atoms with E-state index in [0.29, 0.717) is 38.5 Å². The number of ether oxygens (including phenoxy) is 2. The number of carbonyl (C=O) groups excluding carboxylic acids is 1. The first kappa shape index (κ1) is 28.7. The molecule has 0 spiro atoms. The van der Waals surface area contributed by atoms with Crippen LogP contribution in [0.15, 0.2) is 64.9 Å². The fourth-order valence-electron chi connectivity index (χ4n) is 5.04. The number of benzene rings is 2. The predicted molar refractivity (Wildman–Crippen MR) is 152 cm³/mol. The Kier molecular flexibility index (Phi) is 9.17. The van der Waals surface area contributed by atoms with Crippen molar-refractivity contribution in [2.45, 2.75) is 24.3 Å². The van der Waals surface area contributed by atoms with Gasteiger partial charge in [0.2, 0.25) is 15.9 Å². The first-order valence-electron chi connectivity index (χ1n) is 13.4. The zero-order chi connectivity index (χ0) is 28.1. The number of sulfonamides is 1. The van der Waals surface area contributed by atoms with Crippen molar-refractivity contribution in [1.82, 2.24) is 14.1 Å². The second kappa shape index (κ2) is 12.8. The van der Waals surface area contributed by atoms with E-state index < -0.39 is 10.0 Å². The van der Waals surface area contributed by atoms with Crippen LogP contribution in [0.3, 0.4) is 0 Å². The van der Waals surface area contributed by atoms with Crippen LogP contribution in [0, 0.1) is 12.7 Å². The van der Waals surface area contributed by atoms with Crippen molar-refractivity contribution in [1.29, 1.82) is 0 Å². The van der Waals surface area contributed by atoms with Crippen LogP contribution >= 0.6 is 11.3 Å². The molecular weight excluding hydrogens is 553 g/mol. The normalized spacial score (nSPS) is 18.1. The van der Waals surface area contributed by atoms with Gasteiger partial charge in [0.15, 0.2) is 0 Å². The largest absolute Gasteiger partial charge is 0.491 e. The Morgan fingerprint density at radius 1 is 1.07 bits per heavy atom. The fourth-order valence-corrected chi connectivity index (χ4v) is 7.35. The van der Waals surface area contributed by atoms with Gasteiger partial charge in [0.1, 0.15) is 18.2 Å². The first-order valence-corrected chi connectivity index (χ1v) is 15.7. The molecule has 2 aromatic carbocycles. The minimum absolute atomic E-state index is 0.169. The molecule has 1 saturated heterocycles. The van der Waals surface area contributed by atoms with Gasteiger partial charge in [-0.15, -0.1) is 11.3 Å². The van der Waals surface area contributed by atoms with Crippen LogP contribution in [-0.4, -0.2) is 87.5 Å². The number of carbonyl (C=O) groups is 1. The number of aryl methyl sites for hydroxylation is 1. The fraction of sp³-hybridized carbons (Fsp3) is 0.414. The molecule has 0 aliphatic carbocycles. The molecule has 1 aromatic heterocycles. The highest BCUT2D eigenvalue weighted by Gasteiger charge is 2.35. The Morgan fingerprint density at radius 2 is 1.80 bits per heavy atom. The number of morpholine rings is 1. The molecule has 2 aliphatic heterocycles. The molecule has 1 atom stereocenters. The summed E-state index contributed by atoms with van der Waals surface area (Å²) in [6, 6.07) is 14.1. The van der Waals surface area contributed by atoms with Gasteiger partial charge in [-0.3, -0.25) is 9.69 Å². The Labute approximate surface area is 239 Å². The van der Waals surface area contributed by atoms with Crippen LogP contribution in [0.2, 0.25) is 0 Å². The minimum Gasteiger partial charge on any atom is -0.491 e. The molecule has 3 heterocycles. The van der Waals surface area contributed by atoms with E-state index in [1.54, 1.807) is 52.6 Å². The van der Waals surface area contributed by atoms with Gasteiger partial charge in [0.25, 0.3) is 0 Å². The van der Waals surface area contributed by atoms with Gasteiger partial charge in [-0.25, -0.2) is 12.8 Å². The summed E-state index contributed by atoms with van der Waals surface area (Å²) < 4.78 is 53.6. The molecule has 0 bridgehead atoms. The van der Waals surface area contributed by atoms with Crippen molar-refractivity contribution < 1.29 is 27.1 Å². The number of hydrogen-bond donors (Lipinski definition) is 0. The molecule has 2 aliphatic rings. The average molecular weight is 588 g/mol. The van der Waals surface area contributed by atoms with E-state index in [0.717, 1.165) is 24.2 Å². The van der Waals surface area contributed by atoms with Crippen molar-refractivity contribution in [2.75, 3.05) is 59.1 Å². The number of rotatable bonds is 10. The standard InChI is InChI=1S/C29H34FN3O5S2/c1-22-2-8-25(9-3-22)40(35,36)32(14-13-31-15-17-37-18-16-31)20-29(34)33-12-10-28-26(11-19-39-28)27(33)21-38-24-6-4-23(30)5-7-24/h2-9,11,19,27H,10,12-18,20-21H2,1H3. The average Bonchev–Trinajstić information content (AvgIpc) is 3.45. The summed E-state index contributed by atoms with van der Waals surface area (Å²) >= 11 is 1.64. The highest BCUT2D eigenvalue weighted by molar-refractivity contribution is 7.89. The van der Waals surface area contributed by atoms with Crippen LogP contribution < -0.4 is 4.74 Å². The number of amides is 1. The third-order valence-electron chi connectivity index (χ3n) is 7.38. The molecule has 214 valence electrons. The highest BCUT2D eigenvalue weighted by Crippen LogP contribution is 2.34. The SMILES string of the molecule is Cc1ccc(S(=O)(=O)N(CCN2CCOCC2)CC(=O)N2CCc3sccc3C2COc2ccc(F)cc2)cc1. The Bertz CT molecular complexity index is 1390. The summed E-state index contributed by atoms with van der Waals surface area (Å²) in [6.07, 6.45) is 0.699. The lowest BCUT2D eigenvalue weighted by molar-refractivity contribution is -0.135. The second-order valence-electron chi connectivity index (χ2n) is 10.0. The van der Waals surface area contributed by atoms with Crippen LogP contribution in [0.25, 0.3) is 0 Å². The van der Waals surface area contributed by atoms with Crippen molar-refractivity contribution in [3.05, 3.63) is 81.8 Å². The van der Waals surface area contributed by atoms with E-state index >= 15 is 0 Å². The van der Waals surface area contributed by atoms with Gasteiger partial charge in [-0.1, -0.05) is 17.7 Å². The maximum Gasteiger partial charge on any atom is 0.243 e. The van der Waals surface area contributed by atoms with Gasteiger partial charge in [-0.05, 0) is 66.8 Å². The molecule has 5 rings (SSSR count). The lowest BCUT2D eigenvalue weighted by Gasteiger charge is -2.37. The van der Waals surface area contributed by atoms with Crippen LogP contribution in [0.1, 0.15) is 22.0 Å². The van der Waals surface area contributed by atoms with E-state index in [1.807, 2.05) is 18.4 Å². The highest BCUT2D eigenvalue weighted by atomic mass is 32.2. The van der Waals surface area contributed by atoms with Crippen molar-refractivity contribution in [3.8, 4) is 5.75 Å². The van der Waals surface area contributed by atoms with E-state index in [1.165, 1.54) is 21.3 Å². The number of halogens is 1. The van der Waals surface area contributed by atoms with Gasteiger partial charge in [0, 0.05) is 37.6 Å². The quantitative estimate of drug-likeness (QED) is 0.360. The monoisotopic (exact) mass is 587 g/mol. The van der Waals surface area contributed by atoms with Crippen molar-refractivity contribution in [3.63, 3.8) is 0 Å². The molecule has 0 saturated carbocycles. The molecule has 0 radical (unpaired) electrons. The van der Waals surface area contributed by atoms with E-state index in [4.69, 9.17) is 9.47 Å². The maximum absolute atomic E-state index is 13.9. The summed E-state index contributed by atoms with van der Waals surface area (Å²) in [4.78, 5) is 19.1. The van der Waals surface area contributed by atoms with Crippen LogP contribution in [0.4, 0.5) is 4.39 Å². The van der Waals surface area contributed by atoms with E-state index in [-0.39, 0.29) is 42.4 Å². The van der Waals surface area contributed by atoms with Gasteiger partial charge >= 0.3 is 0 Å². The van der Waals surface area contributed by atoms with Gasteiger partial charge in [0.05, 0.1) is 30.7 Å². The maximum atomic E-state index is 13.9. The number of hydrogen-bond acceptors (Lipinski definition) is 7. The number of nitrogens with zero attached hydrogens (tertiary/aromatic N) is 3. The Balaban J connectivity index is 1.36. The zero-order valence-electron chi connectivity index (χ0n) is 22.5. The summed E-state index contributed by atoms with van der Waals surface area (Å²) in [5, 5.41) is 2.00. The smallest absolute Gasteiger partial charge is 0.243 e. The zero-order valence-corrected chi connectivity index (χ0v) is 24.1. The molecule has 40 heavy (non-hydrogen) atoms. The van der Waals surface area contributed by atoms with Crippen LogP contribution in [0.5, 0.6) is 5.75 Å². The van der Waals surface area contributed by atoms with Gasteiger partial charge < -0.3 is 14.4 Å². The molecule has 1 fully saturated rings. The number of fused-ring (bicyclic) bond motifs is 1. The van der Waals surface area contributed by atoms with E-state index in [2.05, 4.69) is 4.90 Å². The number of thiophene rings is 1. The molecule has 3 aromatic rings. The van der Waals surface area contributed by atoms with Crippen molar-refractivity contribution >= 4 is 27.3 Å². The molecule has 1 amide bonds.